The summed E-state index contributed by atoms with van der Waals surface area (Å²) in [6.07, 6.45) is 0. The number of carbonyl (C=O) groups excluding carboxylic acids is 1. The molecule has 0 saturated heterocycles. The highest BCUT2D eigenvalue weighted by atomic mass is 16.2. The Morgan fingerprint density at radius 3 is 2.61 bits per heavy atom. The van der Waals surface area contributed by atoms with Crippen molar-refractivity contribution >= 4 is 16.9 Å². The maximum absolute atomic E-state index is 12.6. The van der Waals surface area contributed by atoms with E-state index in [1.807, 2.05) is 31.2 Å². The smallest absolute Gasteiger partial charge is 0.246 e. The van der Waals surface area contributed by atoms with Crippen molar-refractivity contribution in [3.05, 3.63) is 35.9 Å². The molecule has 1 aliphatic rings. The molecule has 1 atom stereocenters. The van der Waals surface area contributed by atoms with Crippen LogP contribution < -0.4 is 0 Å². The maximum Gasteiger partial charge on any atom is 0.246 e. The molecule has 0 radical (unpaired) electrons. The van der Waals surface area contributed by atoms with Crippen LogP contribution in [0.15, 0.2) is 24.3 Å². The van der Waals surface area contributed by atoms with E-state index in [0.29, 0.717) is 13.1 Å². The first kappa shape index (κ1) is 13.9. The van der Waals surface area contributed by atoms with Crippen LogP contribution in [0, 0.1) is 6.92 Å². The molecular formula is C15H17N7O. The number of benzene rings is 1. The fourth-order valence-corrected chi connectivity index (χ4v) is 3.12. The summed E-state index contributed by atoms with van der Waals surface area (Å²) in [6.45, 7) is 5.26. The van der Waals surface area contributed by atoms with Gasteiger partial charge in [-0.15, -0.1) is 10.2 Å². The Bertz CT molecular complexity index is 848. The van der Waals surface area contributed by atoms with Crippen LogP contribution in [0.25, 0.3) is 11.0 Å². The summed E-state index contributed by atoms with van der Waals surface area (Å²) in [6, 6.07) is 7.76. The predicted octanol–water partition coefficient (Wildman–Crippen LogP) is 0.935. The third-order valence-electron chi connectivity index (χ3n) is 4.15. The molecule has 1 amide bonds. The van der Waals surface area contributed by atoms with E-state index in [0.717, 1.165) is 22.7 Å². The number of amides is 1. The van der Waals surface area contributed by atoms with Crippen molar-refractivity contribution in [2.24, 2.45) is 0 Å². The van der Waals surface area contributed by atoms with Crippen molar-refractivity contribution in [3.63, 3.8) is 0 Å². The largest absolute Gasteiger partial charge is 0.331 e. The van der Waals surface area contributed by atoms with Crippen LogP contribution in [0.2, 0.25) is 0 Å². The van der Waals surface area contributed by atoms with Crippen molar-refractivity contribution in [1.29, 1.82) is 0 Å². The van der Waals surface area contributed by atoms with Gasteiger partial charge in [0.25, 0.3) is 0 Å². The molecule has 3 heterocycles. The monoisotopic (exact) mass is 311 g/mol. The number of hydrogen-bond donors (Lipinski definition) is 0. The van der Waals surface area contributed by atoms with E-state index < -0.39 is 0 Å². The van der Waals surface area contributed by atoms with Crippen LogP contribution in [-0.4, -0.2) is 47.1 Å². The Labute approximate surface area is 132 Å². The average molecular weight is 311 g/mol. The Morgan fingerprint density at radius 1 is 1.22 bits per heavy atom. The van der Waals surface area contributed by atoms with Gasteiger partial charge in [-0.25, -0.2) is 0 Å². The minimum Gasteiger partial charge on any atom is -0.331 e. The Kier molecular flexibility index (Phi) is 3.10. The summed E-state index contributed by atoms with van der Waals surface area (Å²) in [5.74, 6) is 1.71. The second kappa shape index (κ2) is 5.15. The fourth-order valence-electron chi connectivity index (χ4n) is 3.12. The molecule has 118 valence electrons. The van der Waals surface area contributed by atoms with Gasteiger partial charge in [-0.3, -0.25) is 4.79 Å². The van der Waals surface area contributed by atoms with Crippen LogP contribution in [0.1, 0.15) is 24.6 Å². The van der Waals surface area contributed by atoms with Crippen LogP contribution in [0.5, 0.6) is 0 Å². The summed E-state index contributed by atoms with van der Waals surface area (Å²) >= 11 is 0. The Hall–Kier alpha value is -2.77. The highest BCUT2D eigenvalue weighted by Crippen LogP contribution is 2.21. The van der Waals surface area contributed by atoms with E-state index in [1.165, 1.54) is 4.80 Å². The first-order valence-electron chi connectivity index (χ1n) is 7.60. The molecule has 23 heavy (non-hydrogen) atoms. The van der Waals surface area contributed by atoms with E-state index in [2.05, 4.69) is 31.9 Å². The second-order valence-electron chi connectivity index (χ2n) is 5.88. The Balaban J connectivity index is 1.53. The fraction of sp³-hybridized carbons (Fsp3) is 0.400. The summed E-state index contributed by atoms with van der Waals surface area (Å²) < 4.78 is 2.09. The molecule has 0 fully saturated rings. The zero-order chi connectivity index (χ0) is 16.0. The van der Waals surface area contributed by atoms with Crippen molar-refractivity contribution in [1.82, 2.24) is 34.7 Å². The van der Waals surface area contributed by atoms with Crippen molar-refractivity contribution < 1.29 is 4.79 Å². The minimum absolute atomic E-state index is 0.0101. The van der Waals surface area contributed by atoms with Gasteiger partial charge in [-0.05, 0) is 26.0 Å². The number of carbonyl (C=O) groups is 1. The van der Waals surface area contributed by atoms with Gasteiger partial charge in [0.2, 0.25) is 5.91 Å². The summed E-state index contributed by atoms with van der Waals surface area (Å²) in [5.41, 5.74) is 1.59. The van der Waals surface area contributed by atoms with Gasteiger partial charge >= 0.3 is 0 Å². The highest BCUT2D eigenvalue weighted by molar-refractivity contribution is 5.77. The van der Waals surface area contributed by atoms with Crippen LogP contribution in [-0.2, 0) is 17.9 Å². The normalized spacial score (nSPS) is 17.5. The maximum atomic E-state index is 12.6. The number of aryl methyl sites for hydroxylation is 1. The quantitative estimate of drug-likeness (QED) is 0.703. The lowest BCUT2D eigenvalue weighted by atomic mass is 10.2. The molecule has 2 aromatic heterocycles. The molecular weight excluding hydrogens is 294 g/mol. The minimum atomic E-state index is -0.0101. The molecule has 0 bridgehead atoms. The SMILES string of the molecule is Cc1nnc2n1[C@H](C)CN(C(=O)Cn1nc3ccccc3n1)C2. The highest BCUT2D eigenvalue weighted by Gasteiger charge is 2.28. The third-order valence-corrected chi connectivity index (χ3v) is 4.15. The van der Waals surface area contributed by atoms with E-state index in [4.69, 9.17) is 0 Å². The zero-order valence-corrected chi connectivity index (χ0v) is 13.0. The molecule has 1 aromatic carbocycles. The zero-order valence-electron chi connectivity index (χ0n) is 13.0. The standard InChI is InChI=1S/C15H17N7O/c1-10-7-20(8-14-17-16-11(2)22(10)14)15(23)9-21-18-12-5-3-4-6-13(12)19-21/h3-6,10H,7-9H2,1-2H3/t10-/m1/s1. The third kappa shape index (κ3) is 2.36. The lowest BCUT2D eigenvalue weighted by molar-refractivity contribution is -0.134. The van der Waals surface area contributed by atoms with Crippen molar-refractivity contribution in [2.75, 3.05) is 6.54 Å². The van der Waals surface area contributed by atoms with Gasteiger partial charge in [0.1, 0.15) is 23.4 Å². The molecule has 0 saturated carbocycles. The second-order valence-corrected chi connectivity index (χ2v) is 5.88. The van der Waals surface area contributed by atoms with Gasteiger partial charge in [-0.1, -0.05) is 12.1 Å². The molecule has 0 aliphatic carbocycles. The number of rotatable bonds is 2. The van der Waals surface area contributed by atoms with Gasteiger partial charge < -0.3 is 9.47 Å². The van der Waals surface area contributed by atoms with E-state index in [-0.39, 0.29) is 18.5 Å². The molecule has 4 rings (SSSR count). The molecule has 0 N–H and O–H groups in total. The summed E-state index contributed by atoms with van der Waals surface area (Å²) in [4.78, 5) is 15.8. The molecule has 3 aromatic rings. The summed E-state index contributed by atoms with van der Waals surface area (Å²) in [5, 5.41) is 16.9. The van der Waals surface area contributed by atoms with Gasteiger partial charge in [0.05, 0.1) is 12.6 Å². The van der Waals surface area contributed by atoms with Crippen LogP contribution in [0.4, 0.5) is 0 Å². The predicted molar refractivity (Wildman–Crippen MR) is 82.4 cm³/mol. The van der Waals surface area contributed by atoms with E-state index in [1.54, 1.807) is 4.90 Å². The van der Waals surface area contributed by atoms with Crippen molar-refractivity contribution in [3.8, 4) is 0 Å². The molecule has 8 nitrogen and oxygen atoms in total. The van der Waals surface area contributed by atoms with Crippen LogP contribution in [0.3, 0.4) is 0 Å². The van der Waals surface area contributed by atoms with Crippen molar-refractivity contribution in [2.45, 2.75) is 33.0 Å². The van der Waals surface area contributed by atoms with Gasteiger partial charge in [-0.2, -0.15) is 15.0 Å². The summed E-state index contributed by atoms with van der Waals surface area (Å²) in [7, 11) is 0. The van der Waals surface area contributed by atoms with Gasteiger partial charge in [0.15, 0.2) is 5.82 Å². The number of hydrogen-bond acceptors (Lipinski definition) is 5. The number of aromatic nitrogens is 6. The number of nitrogens with zero attached hydrogens (tertiary/aromatic N) is 7. The average Bonchev–Trinajstić information content (AvgIpc) is 3.10. The first-order chi connectivity index (χ1) is 11.1. The van der Waals surface area contributed by atoms with Crippen LogP contribution >= 0.6 is 0 Å². The Morgan fingerprint density at radius 2 is 1.91 bits per heavy atom. The van der Waals surface area contributed by atoms with E-state index in [9.17, 15) is 4.79 Å². The molecule has 0 unspecified atom stereocenters. The first-order valence-corrected chi connectivity index (χ1v) is 7.60. The lowest BCUT2D eigenvalue weighted by Gasteiger charge is -2.32. The molecule has 1 aliphatic heterocycles. The molecule has 0 spiro atoms. The van der Waals surface area contributed by atoms with Gasteiger partial charge in [0, 0.05) is 6.54 Å². The lowest BCUT2D eigenvalue weighted by Crippen LogP contribution is -2.42. The molecule has 8 heteroatoms. The topological polar surface area (TPSA) is 81.7 Å². The van der Waals surface area contributed by atoms with E-state index >= 15 is 0 Å². The number of fused-ring (bicyclic) bond motifs is 2.